The number of phenolic OH excluding ortho intramolecular Hbond substituents is 2. The van der Waals surface area contributed by atoms with Crippen LogP contribution in [0.4, 0.5) is 13.2 Å². The predicted octanol–water partition coefficient (Wildman–Crippen LogP) is 3.65. The maximum absolute atomic E-state index is 13.9. The fourth-order valence-electron chi connectivity index (χ4n) is 6.72. The molecule has 0 radical (unpaired) electrons. The highest BCUT2D eigenvalue weighted by Gasteiger charge is 2.51. The third-order valence-corrected chi connectivity index (χ3v) is 10.4. The smallest absolute Gasteiger partial charge is 0.471 e. The number of hydrogen-bond donors (Lipinski definition) is 5. The number of benzene rings is 2. The Morgan fingerprint density at radius 3 is 2.46 bits per heavy atom. The Hall–Kier alpha value is -3.70. The molecule has 3 aliphatic rings. The molecule has 0 saturated carbocycles. The zero-order valence-corrected chi connectivity index (χ0v) is 28.3. The third kappa shape index (κ3) is 6.95. The summed E-state index contributed by atoms with van der Waals surface area (Å²) < 4.78 is 56.3. The van der Waals surface area contributed by atoms with Crippen molar-refractivity contribution >= 4 is 35.0 Å². The SMILES string of the molecule is CCCCCSCC(=O)[C@]1(O)Cc2c(O)c3c(c(O)c2[C@@H](O[C@H]2C[C@H](NC(=O)C(F)(F)F)[C@H](O)[C@H](C)O2)C1)C(=O)c1c(OC)cccc1C3=O. The van der Waals surface area contributed by atoms with Crippen LogP contribution in [0.5, 0.6) is 17.2 Å². The lowest BCUT2D eigenvalue weighted by Gasteiger charge is -2.43. The molecule has 12 nitrogen and oxygen atoms in total. The van der Waals surface area contributed by atoms with Gasteiger partial charge in [0.05, 0.1) is 47.8 Å². The lowest BCUT2D eigenvalue weighted by molar-refractivity contribution is -0.250. The number of nitrogens with one attached hydrogen (secondary N) is 1. The Labute approximate surface area is 289 Å². The number of carbonyl (C=O) groups excluding carboxylic acids is 4. The summed E-state index contributed by atoms with van der Waals surface area (Å²) in [4.78, 5) is 53.0. The fraction of sp³-hybridized carbons (Fsp3) is 0.529. The first-order valence-corrected chi connectivity index (χ1v) is 17.3. The Bertz CT molecular complexity index is 1700. The van der Waals surface area contributed by atoms with Crippen LogP contribution in [0.1, 0.15) is 95.0 Å². The molecule has 2 aromatic carbocycles. The molecule has 1 fully saturated rings. The molecule has 2 aromatic rings. The zero-order chi connectivity index (χ0) is 36.7. The summed E-state index contributed by atoms with van der Waals surface area (Å²) in [6.07, 6.45) is -9.94. The highest BCUT2D eigenvalue weighted by Crippen LogP contribution is 2.52. The van der Waals surface area contributed by atoms with Crippen LogP contribution in [0.25, 0.3) is 0 Å². The van der Waals surface area contributed by atoms with Crippen LogP contribution in [-0.2, 0) is 25.5 Å². The van der Waals surface area contributed by atoms with Crippen molar-refractivity contribution in [3.05, 3.63) is 51.6 Å². The molecule has 0 spiro atoms. The number of amides is 1. The number of ether oxygens (including phenoxy) is 3. The number of aliphatic hydroxyl groups excluding tert-OH is 1. The van der Waals surface area contributed by atoms with Crippen LogP contribution < -0.4 is 10.1 Å². The third-order valence-electron chi connectivity index (χ3n) is 9.32. The van der Waals surface area contributed by atoms with Crippen LogP contribution in [0.3, 0.4) is 0 Å². The molecule has 2 aliphatic carbocycles. The molecule has 6 atom stereocenters. The summed E-state index contributed by atoms with van der Waals surface area (Å²) >= 11 is 1.29. The van der Waals surface area contributed by atoms with Crippen molar-refractivity contribution in [2.24, 2.45) is 0 Å². The molecule has 5 rings (SSSR count). The van der Waals surface area contributed by atoms with E-state index in [4.69, 9.17) is 14.2 Å². The first-order valence-electron chi connectivity index (χ1n) is 16.1. The van der Waals surface area contributed by atoms with E-state index in [1.807, 2.05) is 6.92 Å². The molecule has 1 aliphatic heterocycles. The van der Waals surface area contributed by atoms with Crippen molar-refractivity contribution in [3.8, 4) is 17.2 Å². The van der Waals surface area contributed by atoms with Crippen LogP contribution in [-0.4, -0.2) is 98.6 Å². The maximum atomic E-state index is 13.9. The number of aromatic hydroxyl groups is 2. The number of rotatable bonds is 11. The minimum atomic E-state index is -5.25. The molecule has 16 heteroatoms. The summed E-state index contributed by atoms with van der Waals surface area (Å²) in [6, 6.07) is 2.75. The Morgan fingerprint density at radius 1 is 1.10 bits per heavy atom. The number of ketones is 3. The van der Waals surface area contributed by atoms with Crippen LogP contribution >= 0.6 is 11.8 Å². The van der Waals surface area contributed by atoms with Gasteiger partial charge in [-0.25, -0.2) is 0 Å². The molecule has 0 bridgehead atoms. The zero-order valence-electron chi connectivity index (χ0n) is 27.5. The standard InChI is InChI=1S/C34H38F3NO11S/c1-4-5-6-10-50-14-21(39)33(46)12-17-24(20(13-33)49-22-11-18(27(40)15(2)48-22)38-32(45)34(35,36)37)31(44)26-25(29(17)42)28(41)16-8-7-9-19(47-3)23(16)30(26)43/h7-9,15,18,20,22,27,40,42,44,46H,4-6,10-14H2,1-3H3,(H,38,45)/t15-,18-,20-,22-,27+,33-/m0/s1. The van der Waals surface area contributed by atoms with Gasteiger partial charge in [0.1, 0.15) is 29.0 Å². The van der Waals surface area contributed by atoms with Gasteiger partial charge >= 0.3 is 12.1 Å². The van der Waals surface area contributed by atoms with Crippen LogP contribution in [0.2, 0.25) is 0 Å². The number of unbranched alkanes of at least 4 members (excludes halogenated alkanes) is 2. The van der Waals surface area contributed by atoms with E-state index in [1.165, 1.54) is 44.0 Å². The van der Waals surface area contributed by atoms with E-state index in [0.717, 1.165) is 19.3 Å². The van der Waals surface area contributed by atoms with Gasteiger partial charge in [0.2, 0.25) is 5.78 Å². The number of fused-ring (bicyclic) bond motifs is 3. The first kappa shape index (κ1) is 37.6. The number of halogens is 3. The van der Waals surface area contributed by atoms with Gasteiger partial charge in [0, 0.05) is 36.0 Å². The van der Waals surface area contributed by atoms with Gasteiger partial charge in [-0.05, 0) is 25.2 Å². The summed E-state index contributed by atoms with van der Waals surface area (Å²) in [5, 5.41) is 47.4. The van der Waals surface area contributed by atoms with E-state index >= 15 is 0 Å². The van der Waals surface area contributed by atoms with Gasteiger partial charge in [-0.2, -0.15) is 24.9 Å². The summed E-state index contributed by atoms with van der Waals surface area (Å²) in [5.74, 6) is -5.63. The molecule has 5 N–H and O–H groups in total. The van der Waals surface area contributed by atoms with E-state index in [9.17, 15) is 52.8 Å². The van der Waals surface area contributed by atoms with Crippen molar-refractivity contribution in [3.63, 3.8) is 0 Å². The number of hydrogen-bond acceptors (Lipinski definition) is 12. The lowest BCUT2D eigenvalue weighted by Crippen LogP contribution is -2.57. The van der Waals surface area contributed by atoms with Crippen molar-refractivity contribution in [1.29, 1.82) is 0 Å². The number of aliphatic hydroxyl groups is 2. The van der Waals surface area contributed by atoms with E-state index in [1.54, 1.807) is 5.32 Å². The highest BCUT2D eigenvalue weighted by atomic mass is 32.2. The molecular formula is C34H38F3NO11S. The molecular weight excluding hydrogens is 687 g/mol. The molecule has 50 heavy (non-hydrogen) atoms. The van der Waals surface area contributed by atoms with Gasteiger partial charge in [-0.15, -0.1) is 0 Å². The monoisotopic (exact) mass is 725 g/mol. The second-order valence-corrected chi connectivity index (χ2v) is 13.8. The molecule has 1 heterocycles. The van der Waals surface area contributed by atoms with Gasteiger partial charge in [0.25, 0.3) is 0 Å². The summed E-state index contributed by atoms with van der Waals surface area (Å²) in [5.41, 5.74) is -4.09. The number of methoxy groups -OCH3 is 1. The van der Waals surface area contributed by atoms with Crippen LogP contribution in [0, 0.1) is 0 Å². The highest BCUT2D eigenvalue weighted by molar-refractivity contribution is 7.99. The molecule has 1 amide bonds. The Balaban J connectivity index is 1.57. The second kappa shape index (κ2) is 14.5. The molecule has 0 aromatic heterocycles. The quantitative estimate of drug-likeness (QED) is 0.143. The second-order valence-electron chi connectivity index (χ2n) is 12.7. The van der Waals surface area contributed by atoms with Crippen LogP contribution in [0.15, 0.2) is 18.2 Å². The normalized spacial score (nSPS) is 26.1. The molecule has 1 saturated heterocycles. The number of phenols is 2. The van der Waals surface area contributed by atoms with Crippen molar-refractivity contribution in [2.45, 2.75) is 94.8 Å². The Morgan fingerprint density at radius 2 is 1.80 bits per heavy atom. The average Bonchev–Trinajstić information content (AvgIpc) is 3.06. The van der Waals surface area contributed by atoms with E-state index in [2.05, 4.69) is 0 Å². The predicted molar refractivity (Wildman–Crippen MR) is 172 cm³/mol. The van der Waals surface area contributed by atoms with Crippen molar-refractivity contribution < 1.29 is 67.0 Å². The van der Waals surface area contributed by atoms with Gasteiger partial charge in [-0.3, -0.25) is 19.2 Å². The molecule has 0 unspecified atom stereocenters. The van der Waals surface area contributed by atoms with Crippen molar-refractivity contribution in [2.75, 3.05) is 18.6 Å². The van der Waals surface area contributed by atoms with Gasteiger partial charge in [0.15, 0.2) is 17.9 Å². The van der Waals surface area contributed by atoms with Gasteiger partial charge in [-0.1, -0.05) is 31.9 Å². The first-order chi connectivity index (χ1) is 23.5. The average molecular weight is 726 g/mol. The lowest BCUT2D eigenvalue weighted by atomic mass is 9.72. The summed E-state index contributed by atoms with van der Waals surface area (Å²) in [6.45, 7) is 3.35. The minimum absolute atomic E-state index is 0.0300. The number of alkyl halides is 3. The topological polar surface area (TPSA) is 189 Å². The van der Waals surface area contributed by atoms with E-state index in [-0.39, 0.29) is 33.8 Å². The summed E-state index contributed by atoms with van der Waals surface area (Å²) in [7, 11) is 1.28. The Kier molecular flexibility index (Phi) is 10.9. The van der Waals surface area contributed by atoms with E-state index < -0.39 is 108 Å². The van der Waals surface area contributed by atoms with Gasteiger partial charge < -0.3 is 40.0 Å². The van der Waals surface area contributed by atoms with E-state index in [0.29, 0.717) is 5.75 Å². The fourth-order valence-corrected chi connectivity index (χ4v) is 7.72. The largest absolute Gasteiger partial charge is 0.507 e. The van der Waals surface area contributed by atoms with Crippen molar-refractivity contribution in [1.82, 2.24) is 5.32 Å². The molecule has 272 valence electrons. The number of carbonyl (C=O) groups is 4. The minimum Gasteiger partial charge on any atom is -0.507 e. The number of thioether (sulfide) groups is 1. The number of Topliss-reactive ketones (excluding diaryl/α,β-unsaturated/α-hetero) is 1. The maximum Gasteiger partial charge on any atom is 0.471 e.